The number of nitrogens with two attached hydrogens (primary N) is 1. The number of carbonyl (C=O) groups excluding carboxylic acids is 1. The van der Waals surface area contributed by atoms with Gasteiger partial charge in [0.05, 0.1) is 6.33 Å². The number of benzene rings is 1. The van der Waals surface area contributed by atoms with Gasteiger partial charge in [-0.25, -0.2) is 15.0 Å². The van der Waals surface area contributed by atoms with Gasteiger partial charge in [0.2, 0.25) is 0 Å². The summed E-state index contributed by atoms with van der Waals surface area (Å²) in [4.78, 5) is 24.1. The maximum Gasteiger partial charge on any atom is 0.269 e. The van der Waals surface area contributed by atoms with Crippen molar-refractivity contribution in [2.24, 2.45) is 12.8 Å². The topological polar surface area (TPSA) is 107 Å². The lowest BCUT2D eigenvalue weighted by atomic mass is 10.2. The molecule has 0 aliphatic heterocycles. The number of phenolic OH excluding ortho intramolecular Hbond substituents is 1. The van der Waals surface area contributed by atoms with Crippen LogP contribution in [0.5, 0.6) is 5.75 Å². The minimum Gasteiger partial charge on any atom is -0.508 e. The molecule has 0 fully saturated rings. The largest absolute Gasteiger partial charge is 0.508 e. The highest BCUT2D eigenvalue weighted by atomic mass is 16.3. The van der Waals surface area contributed by atoms with Gasteiger partial charge in [-0.3, -0.25) is 4.79 Å². The second-order valence-corrected chi connectivity index (χ2v) is 4.33. The van der Waals surface area contributed by atoms with Crippen molar-refractivity contribution in [3.63, 3.8) is 0 Å². The van der Waals surface area contributed by atoms with Crippen LogP contribution >= 0.6 is 0 Å². The molecule has 100 valence electrons. The maximum absolute atomic E-state index is 11.5. The Bertz CT molecular complexity index is 807. The molecule has 0 aliphatic carbocycles. The average molecular weight is 269 g/mol. The third kappa shape index (κ3) is 1.85. The van der Waals surface area contributed by atoms with Gasteiger partial charge >= 0.3 is 0 Å². The number of amides is 1. The monoisotopic (exact) mass is 269 g/mol. The number of hydrogen-bond donors (Lipinski definition) is 2. The molecule has 0 saturated heterocycles. The fraction of sp³-hybridized carbons (Fsp3) is 0.0769. The lowest BCUT2D eigenvalue weighted by molar-refractivity contribution is 0.0997. The number of aromatic nitrogens is 4. The van der Waals surface area contributed by atoms with Crippen LogP contribution in [0.1, 0.15) is 10.5 Å². The van der Waals surface area contributed by atoms with Gasteiger partial charge in [0.1, 0.15) is 11.3 Å². The molecular weight excluding hydrogens is 258 g/mol. The van der Waals surface area contributed by atoms with Gasteiger partial charge in [-0.05, 0) is 24.3 Å². The molecule has 3 N–H and O–H groups in total. The minimum absolute atomic E-state index is 0.0821. The fourth-order valence-corrected chi connectivity index (χ4v) is 1.92. The molecule has 0 radical (unpaired) electrons. The van der Waals surface area contributed by atoms with Gasteiger partial charge < -0.3 is 15.4 Å². The first kappa shape index (κ1) is 12.1. The first-order valence-electron chi connectivity index (χ1n) is 5.84. The minimum atomic E-state index is -0.656. The fourth-order valence-electron chi connectivity index (χ4n) is 1.92. The predicted octanol–water partition coefficient (Wildman–Crippen LogP) is 0.835. The zero-order chi connectivity index (χ0) is 14.3. The van der Waals surface area contributed by atoms with Crippen LogP contribution in [0.25, 0.3) is 22.6 Å². The molecule has 0 atom stereocenters. The molecule has 3 rings (SSSR count). The van der Waals surface area contributed by atoms with Gasteiger partial charge in [0.15, 0.2) is 17.2 Å². The highest BCUT2D eigenvalue weighted by Crippen LogP contribution is 2.22. The van der Waals surface area contributed by atoms with Gasteiger partial charge in [-0.15, -0.1) is 0 Å². The Labute approximate surface area is 113 Å². The second kappa shape index (κ2) is 4.30. The molecule has 7 heteroatoms. The average Bonchev–Trinajstić information content (AvgIpc) is 2.80. The Kier molecular flexibility index (Phi) is 2.60. The number of fused-ring (bicyclic) bond motifs is 1. The van der Waals surface area contributed by atoms with Crippen molar-refractivity contribution in [1.29, 1.82) is 0 Å². The molecular formula is C13H11N5O2. The highest BCUT2D eigenvalue weighted by Gasteiger charge is 2.16. The molecule has 7 nitrogen and oxygen atoms in total. The van der Waals surface area contributed by atoms with Crippen LogP contribution in [0.2, 0.25) is 0 Å². The summed E-state index contributed by atoms with van der Waals surface area (Å²) in [5.41, 5.74) is 7.00. The predicted molar refractivity (Wildman–Crippen MR) is 71.9 cm³/mol. The van der Waals surface area contributed by atoms with E-state index in [1.54, 1.807) is 30.1 Å². The molecule has 20 heavy (non-hydrogen) atoms. The van der Waals surface area contributed by atoms with E-state index in [1.807, 2.05) is 0 Å². The van der Waals surface area contributed by atoms with E-state index in [0.717, 1.165) is 0 Å². The van der Waals surface area contributed by atoms with E-state index >= 15 is 0 Å². The SMILES string of the molecule is Cn1cnc2c(C(N)=O)nc(-c3ccc(O)cc3)nc21. The Morgan fingerprint density at radius 1 is 1.25 bits per heavy atom. The summed E-state index contributed by atoms with van der Waals surface area (Å²) in [5.74, 6) is -0.156. The van der Waals surface area contributed by atoms with Gasteiger partial charge in [-0.1, -0.05) is 0 Å². The first-order chi connectivity index (χ1) is 9.56. The molecule has 0 unspecified atom stereocenters. The second-order valence-electron chi connectivity index (χ2n) is 4.33. The molecule has 0 saturated carbocycles. The third-order valence-electron chi connectivity index (χ3n) is 2.92. The van der Waals surface area contributed by atoms with Crippen molar-refractivity contribution < 1.29 is 9.90 Å². The Balaban J connectivity index is 2.28. The van der Waals surface area contributed by atoms with Crippen LogP contribution in [-0.2, 0) is 7.05 Å². The highest BCUT2D eigenvalue weighted by molar-refractivity contribution is 6.01. The van der Waals surface area contributed by atoms with Crippen LogP contribution in [-0.4, -0.2) is 30.5 Å². The summed E-state index contributed by atoms with van der Waals surface area (Å²) < 4.78 is 1.69. The standard InChI is InChI=1S/C13H11N5O2/c1-18-6-15-10-9(11(14)20)16-12(17-13(10)18)7-2-4-8(19)5-3-7/h2-6,19H,1H3,(H2,14,20). The number of rotatable bonds is 2. The zero-order valence-corrected chi connectivity index (χ0v) is 10.6. The quantitative estimate of drug-likeness (QED) is 0.716. The molecule has 3 aromatic rings. The number of nitrogens with zero attached hydrogens (tertiary/aromatic N) is 4. The summed E-state index contributed by atoms with van der Waals surface area (Å²) >= 11 is 0. The van der Waals surface area contributed by atoms with Crippen LogP contribution in [0.3, 0.4) is 0 Å². The zero-order valence-electron chi connectivity index (χ0n) is 10.6. The molecule has 0 spiro atoms. The lowest BCUT2D eigenvalue weighted by Gasteiger charge is -2.04. The van der Waals surface area contributed by atoms with E-state index in [1.165, 1.54) is 12.1 Å². The molecule has 0 bridgehead atoms. The lowest BCUT2D eigenvalue weighted by Crippen LogP contribution is -2.15. The summed E-state index contributed by atoms with van der Waals surface area (Å²) in [5, 5.41) is 9.30. The van der Waals surface area contributed by atoms with Gasteiger partial charge in [0, 0.05) is 12.6 Å². The van der Waals surface area contributed by atoms with Crippen LogP contribution in [0.15, 0.2) is 30.6 Å². The molecule has 2 heterocycles. The normalized spacial score (nSPS) is 10.8. The van der Waals surface area contributed by atoms with Crippen molar-refractivity contribution in [2.75, 3.05) is 0 Å². The molecule has 2 aromatic heterocycles. The van der Waals surface area contributed by atoms with E-state index in [9.17, 15) is 9.90 Å². The summed E-state index contributed by atoms with van der Waals surface area (Å²) in [7, 11) is 1.77. The van der Waals surface area contributed by atoms with Gasteiger partial charge in [-0.2, -0.15) is 0 Å². The van der Waals surface area contributed by atoms with Gasteiger partial charge in [0.25, 0.3) is 5.91 Å². The van der Waals surface area contributed by atoms with E-state index < -0.39 is 5.91 Å². The number of imidazole rings is 1. The number of primary amides is 1. The van der Waals surface area contributed by atoms with Crippen LogP contribution in [0.4, 0.5) is 0 Å². The number of hydrogen-bond acceptors (Lipinski definition) is 5. The number of aryl methyl sites for hydroxylation is 1. The van der Waals surface area contributed by atoms with Crippen LogP contribution in [0, 0.1) is 0 Å². The summed E-state index contributed by atoms with van der Waals surface area (Å²) in [6, 6.07) is 6.38. The van der Waals surface area contributed by atoms with E-state index in [-0.39, 0.29) is 11.4 Å². The smallest absolute Gasteiger partial charge is 0.269 e. The van der Waals surface area contributed by atoms with Crippen molar-refractivity contribution in [3.8, 4) is 17.1 Å². The van der Waals surface area contributed by atoms with E-state index in [0.29, 0.717) is 22.6 Å². The Hall–Kier alpha value is -2.96. The number of carbonyl (C=O) groups is 1. The third-order valence-corrected chi connectivity index (χ3v) is 2.92. The van der Waals surface area contributed by atoms with E-state index in [2.05, 4.69) is 15.0 Å². The number of phenols is 1. The van der Waals surface area contributed by atoms with Crippen molar-refractivity contribution in [3.05, 3.63) is 36.3 Å². The molecule has 1 aromatic carbocycles. The van der Waals surface area contributed by atoms with Crippen molar-refractivity contribution in [2.45, 2.75) is 0 Å². The summed E-state index contributed by atoms with van der Waals surface area (Å²) in [6.07, 6.45) is 1.55. The molecule has 1 amide bonds. The Morgan fingerprint density at radius 2 is 1.95 bits per heavy atom. The Morgan fingerprint density at radius 3 is 2.60 bits per heavy atom. The van der Waals surface area contributed by atoms with Crippen LogP contribution < -0.4 is 5.73 Å². The maximum atomic E-state index is 11.5. The number of aromatic hydroxyl groups is 1. The van der Waals surface area contributed by atoms with Crippen molar-refractivity contribution >= 4 is 17.1 Å². The molecule has 0 aliphatic rings. The van der Waals surface area contributed by atoms with E-state index in [4.69, 9.17) is 5.73 Å². The first-order valence-corrected chi connectivity index (χ1v) is 5.84. The summed E-state index contributed by atoms with van der Waals surface area (Å²) in [6.45, 7) is 0. The van der Waals surface area contributed by atoms with Crippen molar-refractivity contribution in [1.82, 2.24) is 19.5 Å².